The average molecular weight is 194 g/mol. The monoisotopic (exact) mass is 194 g/mol. The number of nitrogens with zero attached hydrogens (tertiary/aromatic N) is 4. The molecule has 0 spiro atoms. The Hall–Kier alpha value is -2.31. The topological polar surface area (TPSA) is 71.2 Å². The molecular formula is C7H6N4O3. The highest BCUT2D eigenvalue weighted by Gasteiger charge is 2.07. The Bertz CT molecular complexity index is 356. The minimum atomic E-state index is -0.919. The standard InChI is InChI=1S/C7H6N4O3/c12-7(13-10-5-1-3-8-10)14-11-6-2-4-9-11/h1-6H. The molecule has 0 aliphatic heterocycles. The summed E-state index contributed by atoms with van der Waals surface area (Å²) in [6.45, 7) is 0. The van der Waals surface area contributed by atoms with Crippen molar-refractivity contribution in [1.82, 2.24) is 19.9 Å². The van der Waals surface area contributed by atoms with Crippen LogP contribution in [0.5, 0.6) is 0 Å². The molecular weight excluding hydrogens is 188 g/mol. The third kappa shape index (κ3) is 1.89. The lowest BCUT2D eigenvalue weighted by Crippen LogP contribution is -2.29. The van der Waals surface area contributed by atoms with Crippen molar-refractivity contribution in [2.75, 3.05) is 0 Å². The number of aromatic nitrogens is 4. The maximum atomic E-state index is 11.0. The van der Waals surface area contributed by atoms with Crippen molar-refractivity contribution in [2.24, 2.45) is 0 Å². The number of hydrogen-bond donors (Lipinski definition) is 0. The first-order valence-corrected chi connectivity index (χ1v) is 3.74. The van der Waals surface area contributed by atoms with Crippen LogP contribution in [0.1, 0.15) is 0 Å². The van der Waals surface area contributed by atoms with E-state index in [1.165, 1.54) is 24.8 Å². The first-order valence-electron chi connectivity index (χ1n) is 3.74. The fourth-order valence-electron chi connectivity index (χ4n) is 0.787. The lowest BCUT2D eigenvalue weighted by atomic mass is 10.8. The summed E-state index contributed by atoms with van der Waals surface area (Å²) in [6.07, 6.45) is 4.95. The van der Waals surface area contributed by atoms with Crippen LogP contribution in [0.2, 0.25) is 0 Å². The van der Waals surface area contributed by atoms with E-state index in [2.05, 4.69) is 19.9 Å². The lowest BCUT2D eigenvalue weighted by Gasteiger charge is -2.01. The largest absolute Gasteiger partial charge is 0.562 e. The van der Waals surface area contributed by atoms with Crippen LogP contribution in [0.15, 0.2) is 36.9 Å². The molecule has 0 N–H and O–H groups in total. The van der Waals surface area contributed by atoms with Gasteiger partial charge in [-0.1, -0.05) is 9.69 Å². The zero-order valence-corrected chi connectivity index (χ0v) is 6.98. The maximum absolute atomic E-state index is 11.0. The van der Waals surface area contributed by atoms with Crippen molar-refractivity contribution in [3.05, 3.63) is 36.9 Å². The molecule has 0 unspecified atom stereocenters. The predicted molar refractivity (Wildman–Crippen MR) is 43.0 cm³/mol. The number of carbonyl (C=O) groups is 1. The van der Waals surface area contributed by atoms with Gasteiger partial charge in [0.15, 0.2) is 0 Å². The molecule has 2 aromatic rings. The van der Waals surface area contributed by atoms with E-state index in [-0.39, 0.29) is 0 Å². The normalized spacial score (nSPS) is 9.71. The zero-order valence-electron chi connectivity index (χ0n) is 6.98. The fourth-order valence-corrected chi connectivity index (χ4v) is 0.787. The van der Waals surface area contributed by atoms with Gasteiger partial charge in [0.1, 0.15) is 0 Å². The van der Waals surface area contributed by atoms with Crippen molar-refractivity contribution in [2.45, 2.75) is 0 Å². The smallest absolute Gasteiger partial charge is 0.282 e. The van der Waals surface area contributed by atoms with Crippen LogP contribution in [0.25, 0.3) is 0 Å². The van der Waals surface area contributed by atoms with Gasteiger partial charge in [-0.25, -0.2) is 0 Å². The summed E-state index contributed by atoms with van der Waals surface area (Å²) in [5.74, 6) is 0. The van der Waals surface area contributed by atoms with Crippen molar-refractivity contribution >= 4 is 6.16 Å². The van der Waals surface area contributed by atoms with Gasteiger partial charge in [-0.2, -0.15) is 4.79 Å². The molecule has 0 bridgehead atoms. The van der Waals surface area contributed by atoms with Crippen molar-refractivity contribution < 1.29 is 14.5 Å². The lowest BCUT2D eigenvalue weighted by molar-refractivity contribution is 0.0223. The third-order valence-electron chi connectivity index (χ3n) is 1.30. The molecule has 0 aliphatic rings. The van der Waals surface area contributed by atoms with Gasteiger partial charge in [-0.15, -0.1) is 10.2 Å². The molecule has 0 saturated heterocycles. The molecule has 0 radical (unpaired) electrons. The van der Waals surface area contributed by atoms with Gasteiger partial charge in [-0.05, 0) is 12.1 Å². The highest BCUT2D eigenvalue weighted by molar-refractivity contribution is 5.60. The summed E-state index contributed by atoms with van der Waals surface area (Å²) >= 11 is 0. The molecule has 72 valence electrons. The third-order valence-corrected chi connectivity index (χ3v) is 1.30. The zero-order chi connectivity index (χ0) is 9.80. The molecule has 2 heterocycles. The highest BCUT2D eigenvalue weighted by Crippen LogP contribution is 1.83. The summed E-state index contributed by atoms with van der Waals surface area (Å²) < 4.78 is 0. The van der Waals surface area contributed by atoms with Gasteiger partial charge < -0.3 is 0 Å². The van der Waals surface area contributed by atoms with E-state index in [9.17, 15) is 4.79 Å². The molecule has 14 heavy (non-hydrogen) atoms. The molecule has 0 saturated carbocycles. The molecule has 0 amide bonds. The molecule has 0 aromatic carbocycles. The molecule has 0 atom stereocenters. The maximum Gasteiger partial charge on any atom is 0.562 e. The number of rotatable bonds is 2. The van der Waals surface area contributed by atoms with Gasteiger partial charge in [-0.3, -0.25) is 9.68 Å². The van der Waals surface area contributed by atoms with Crippen LogP contribution in [-0.4, -0.2) is 26.0 Å². The number of carbonyl (C=O) groups excluding carboxylic acids is 1. The van der Waals surface area contributed by atoms with E-state index < -0.39 is 6.16 Å². The molecule has 7 nitrogen and oxygen atoms in total. The van der Waals surface area contributed by atoms with Gasteiger partial charge in [0, 0.05) is 0 Å². The molecule has 0 fully saturated rings. The SMILES string of the molecule is O=C(On1cccn1)On1cccn1. The van der Waals surface area contributed by atoms with Crippen molar-refractivity contribution in [3.8, 4) is 0 Å². The van der Waals surface area contributed by atoms with E-state index >= 15 is 0 Å². The molecule has 0 aliphatic carbocycles. The molecule has 2 rings (SSSR count). The minimum Gasteiger partial charge on any atom is -0.282 e. The van der Waals surface area contributed by atoms with Gasteiger partial charge in [0.25, 0.3) is 0 Å². The van der Waals surface area contributed by atoms with Crippen LogP contribution in [0.3, 0.4) is 0 Å². The Labute approximate surface area is 78.4 Å². The summed E-state index contributed by atoms with van der Waals surface area (Å²) in [7, 11) is 0. The fraction of sp³-hybridized carbons (Fsp3) is 0. The van der Waals surface area contributed by atoms with Crippen molar-refractivity contribution in [3.63, 3.8) is 0 Å². The minimum absolute atomic E-state index is 0.919. The summed E-state index contributed by atoms with van der Waals surface area (Å²) in [4.78, 5) is 22.2. The summed E-state index contributed by atoms with van der Waals surface area (Å²) in [6, 6.07) is 3.22. The summed E-state index contributed by atoms with van der Waals surface area (Å²) in [5, 5.41) is 7.30. The highest BCUT2D eigenvalue weighted by atomic mass is 16.9. The van der Waals surface area contributed by atoms with Crippen LogP contribution in [-0.2, 0) is 0 Å². The van der Waals surface area contributed by atoms with Crippen molar-refractivity contribution in [1.29, 1.82) is 0 Å². The van der Waals surface area contributed by atoms with Crippen LogP contribution < -0.4 is 9.68 Å². The van der Waals surface area contributed by atoms with E-state index in [0.29, 0.717) is 0 Å². The van der Waals surface area contributed by atoms with Crippen LogP contribution >= 0.6 is 0 Å². The van der Waals surface area contributed by atoms with E-state index in [4.69, 9.17) is 0 Å². The second kappa shape index (κ2) is 3.60. The van der Waals surface area contributed by atoms with Crippen LogP contribution in [0, 0.1) is 0 Å². The van der Waals surface area contributed by atoms with Gasteiger partial charge >= 0.3 is 6.16 Å². The van der Waals surface area contributed by atoms with E-state index in [0.717, 1.165) is 9.69 Å². The Balaban J connectivity index is 1.91. The van der Waals surface area contributed by atoms with Crippen LogP contribution in [0.4, 0.5) is 4.79 Å². The van der Waals surface area contributed by atoms with E-state index in [1.54, 1.807) is 12.1 Å². The Morgan fingerprint density at radius 1 is 1.00 bits per heavy atom. The van der Waals surface area contributed by atoms with E-state index in [1.807, 2.05) is 0 Å². The number of hydrogen-bond acceptors (Lipinski definition) is 5. The van der Waals surface area contributed by atoms with Gasteiger partial charge in [0.05, 0.1) is 24.8 Å². The quantitative estimate of drug-likeness (QED) is 0.659. The first-order chi connectivity index (χ1) is 6.84. The molecule has 7 heteroatoms. The Morgan fingerprint density at radius 2 is 1.50 bits per heavy atom. The predicted octanol–water partition coefficient (Wildman–Crippen LogP) is -0.243. The Kier molecular flexibility index (Phi) is 2.14. The first kappa shape index (κ1) is 8.30. The summed E-state index contributed by atoms with van der Waals surface area (Å²) in [5.41, 5.74) is 0. The second-order valence-electron chi connectivity index (χ2n) is 2.25. The Morgan fingerprint density at radius 3 is 1.86 bits per heavy atom. The molecule has 2 aromatic heterocycles. The second-order valence-corrected chi connectivity index (χ2v) is 2.25. The van der Waals surface area contributed by atoms with Gasteiger partial charge in [0.2, 0.25) is 0 Å². The average Bonchev–Trinajstić information content (AvgIpc) is 2.76.